The highest BCUT2D eigenvalue weighted by Gasteiger charge is 2.15. The van der Waals surface area contributed by atoms with Gasteiger partial charge < -0.3 is 10.6 Å². The van der Waals surface area contributed by atoms with E-state index in [0.717, 1.165) is 24.2 Å². The molecule has 1 amide bonds. The Labute approximate surface area is 87.6 Å². The number of aromatic nitrogens is 2. The zero-order valence-electron chi connectivity index (χ0n) is 8.45. The van der Waals surface area contributed by atoms with Crippen LogP contribution in [0.5, 0.6) is 0 Å². The Morgan fingerprint density at radius 1 is 1.40 bits per heavy atom. The smallest absolute Gasteiger partial charge is 0.251 e. The quantitative estimate of drug-likeness (QED) is 0.681. The van der Waals surface area contributed by atoms with Crippen molar-refractivity contribution in [2.75, 3.05) is 18.4 Å². The molecule has 0 spiro atoms. The van der Waals surface area contributed by atoms with E-state index in [1.807, 2.05) is 6.92 Å². The third-order valence-electron chi connectivity index (χ3n) is 2.37. The van der Waals surface area contributed by atoms with Gasteiger partial charge in [-0.05, 0) is 12.5 Å². The summed E-state index contributed by atoms with van der Waals surface area (Å²) in [7, 11) is 0. The fourth-order valence-corrected chi connectivity index (χ4v) is 1.26. The number of amides is 1. The first-order chi connectivity index (χ1) is 7.27. The maximum Gasteiger partial charge on any atom is 0.251 e. The fraction of sp³-hybridized carbons (Fsp3) is 0.300. The summed E-state index contributed by atoms with van der Waals surface area (Å²) in [6.45, 7) is 3.45. The molecule has 2 heterocycles. The van der Waals surface area contributed by atoms with Crippen molar-refractivity contribution in [1.29, 1.82) is 0 Å². The molecule has 1 aliphatic rings. The Morgan fingerprint density at radius 2 is 2.07 bits per heavy atom. The summed E-state index contributed by atoms with van der Waals surface area (Å²) in [6, 6.07) is 0. The number of rotatable bonds is 2. The van der Waals surface area contributed by atoms with E-state index in [4.69, 9.17) is 0 Å². The van der Waals surface area contributed by atoms with Crippen molar-refractivity contribution in [2.24, 2.45) is 0 Å². The van der Waals surface area contributed by atoms with Crippen LogP contribution in [0.2, 0.25) is 0 Å². The number of nitrogens with zero attached hydrogens (tertiary/aromatic N) is 2. The normalized spacial score (nSPS) is 14.3. The van der Waals surface area contributed by atoms with Gasteiger partial charge in [-0.2, -0.15) is 0 Å². The van der Waals surface area contributed by atoms with Gasteiger partial charge in [-0.15, -0.1) is 0 Å². The molecule has 0 radical (unpaired) electrons. The number of anilines is 1. The van der Waals surface area contributed by atoms with E-state index in [1.54, 1.807) is 12.4 Å². The SMILES string of the molecule is CC(C(=O)Nc1cncnc1)=C1CNC1. The highest BCUT2D eigenvalue weighted by Crippen LogP contribution is 2.11. The second kappa shape index (κ2) is 4.18. The summed E-state index contributed by atoms with van der Waals surface area (Å²) in [5, 5.41) is 5.84. The summed E-state index contributed by atoms with van der Waals surface area (Å²) >= 11 is 0. The van der Waals surface area contributed by atoms with Gasteiger partial charge in [0, 0.05) is 18.7 Å². The fourth-order valence-electron chi connectivity index (χ4n) is 1.26. The first-order valence-corrected chi connectivity index (χ1v) is 4.73. The first kappa shape index (κ1) is 9.79. The Morgan fingerprint density at radius 3 is 2.60 bits per heavy atom. The summed E-state index contributed by atoms with van der Waals surface area (Å²) in [5.41, 5.74) is 2.55. The van der Waals surface area contributed by atoms with E-state index in [9.17, 15) is 4.79 Å². The zero-order valence-corrected chi connectivity index (χ0v) is 8.45. The van der Waals surface area contributed by atoms with Crippen LogP contribution in [0.1, 0.15) is 6.92 Å². The molecule has 1 aromatic heterocycles. The standard InChI is InChI=1S/C10H12N4O/c1-7(8-2-11-3-8)10(15)14-9-4-12-6-13-5-9/h4-6,11H,2-3H2,1H3,(H,14,15). The molecule has 5 nitrogen and oxygen atoms in total. The zero-order chi connectivity index (χ0) is 10.7. The van der Waals surface area contributed by atoms with E-state index >= 15 is 0 Å². The predicted molar refractivity (Wildman–Crippen MR) is 56.2 cm³/mol. The molecule has 5 heteroatoms. The van der Waals surface area contributed by atoms with Crippen LogP contribution in [-0.2, 0) is 4.79 Å². The third kappa shape index (κ3) is 2.19. The van der Waals surface area contributed by atoms with Gasteiger partial charge >= 0.3 is 0 Å². The lowest BCUT2D eigenvalue weighted by Crippen LogP contribution is -2.36. The van der Waals surface area contributed by atoms with Gasteiger partial charge in [-0.1, -0.05) is 0 Å². The van der Waals surface area contributed by atoms with Crippen molar-refractivity contribution in [2.45, 2.75) is 6.92 Å². The van der Waals surface area contributed by atoms with Gasteiger partial charge in [-0.3, -0.25) is 4.79 Å². The molecular weight excluding hydrogens is 192 g/mol. The molecule has 15 heavy (non-hydrogen) atoms. The molecule has 2 N–H and O–H groups in total. The molecule has 1 saturated heterocycles. The Hall–Kier alpha value is -1.75. The highest BCUT2D eigenvalue weighted by atomic mass is 16.1. The van der Waals surface area contributed by atoms with Gasteiger partial charge in [0.05, 0.1) is 18.1 Å². The van der Waals surface area contributed by atoms with Gasteiger partial charge in [-0.25, -0.2) is 9.97 Å². The van der Waals surface area contributed by atoms with Crippen LogP contribution >= 0.6 is 0 Å². The third-order valence-corrected chi connectivity index (χ3v) is 2.37. The second-order valence-electron chi connectivity index (χ2n) is 3.41. The highest BCUT2D eigenvalue weighted by molar-refractivity contribution is 6.03. The van der Waals surface area contributed by atoms with Gasteiger partial charge in [0.15, 0.2) is 0 Å². The molecule has 0 atom stereocenters. The number of nitrogens with one attached hydrogen (secondary N) is 2. The van der Waals surface area contributed by atoms with Crippen molar-refractivity contribution < 1.29 is 4.79 Å². The summed E-state index contributed by atoms with van der Waals surface area (Å²) < 4.78 is 0. The molecule has 0 unspecified atom stereocenters. The van der Waals surface area contributed by atoms with E-state index in [-0.39, 0.29) is 5.91 Å². The summed E-state index contributed by atoms with van der Waals surface area (Å²) in [5.74, 6) is -0.0821. The maximum absolute atomic E-state index is 11.7. The Bertz CT molecular complexity index is 393. The lowest BCUT2D eigenvalue weighted by molar-refractivity contribution is -0.112. The Balaban J connectivity index is 2.04. The maximum atomic E-state index is 11.7. The van der Waals surface area contributed by atoms with Crippen molar-refractivity contribution in [3.05, 3.63) is 29.9 Å². The van der Waals surface area contributed by atoms with Crippen LogP contribution in [0.25, 0.3) is 0 Å². The molecule has 2 rings (SSSR count). The number of hydrogen-bond donors (Lipinski definition) is 2. The van der Waals surface area contributed by atoms with Crippen LogP contribution in [0.3, 0.4) is 0 Å². The molecule has 1 aromatic rings. The molecular formula is C10H12N4O. The Kier molecular flexibility index (Phi) is 2.73. The number of carbonyl (C=O) groups excluding carboxylic acids is 1. The monoisotopic (exact) mass is 204 g/mol. The molecule has 0 saturated carbocycles. The molecule has 1 aliphatic heterocycles. The van der Waals surface area contributed by atoms with Crippen molar-refractivity contribution in [3.8, 4) is 0 Å². The second-order valence-corrected chi connectivity index (χ2v) is 3.41. The van der Waals surface area contributed by atoms with E-state index in [2.05, 4.69) is 20.6 Å². The lowest BCUT2D eigenvalue weighted by Gasteiger charge is -2.21. The van der Waals surface area contributed by atoms with E-state index in [1.165, 1.54) is 6.33 Å². The summed E-state index contributed by atoms with van der Waals surface area (Å²) in [6.07, 6.45) is 4.57. The largest absolute Gasteiger partial charge is 0.320 e. The minimum atomic E-state index is -0.0821. The van der Waals surface area contributed by atoms with Crippen molar-refractivity contribution in [3.63, 3.8) is 0 Å². The van der Waals surface area contributed by atoms with Crippen LogP contribution in [0.4, 0.5) is 5.69 Å². The predicted octanol–water partition coefficient (Wildman–Crippen LogP) is 0.335. The van der Waals surface area contributed by atoms with Gasteiger partial charge in [0.2, 0.25) is 0 Å². The minimum absolute atomic E-state index is 0.0821. The van der Waals surface area contributed by atoms with Crippen molar-refractivity contribution in [1.82, 2.24) is 15.3 Å². The average Bonchev–Trinajstić information content (AvgIpc) is 2.16. The first-order valence-electron chi connectivity index (χ1n) is 4.73. The van der Waals surface area contributed by atoms with Crippen LogP contribution in [0, 0.1) is 0 Å². The number of carbonyl (C=O) groups is 1. The van der Waals surface area contributed by atoms with Crippen molar-refractivity contribution >= 4 is 11.6 Å². The molecule has 0 aliphatic carbocycles. The molecule has 0 aromatic carbocycles. The van der Waals surface area contributed by atoms with Crippen LogP contribution < -0.4 is 10.6 Å². The topological polar surface area (TPSA) is 66.9 Å². The molecule has 78 valence electrons. The van der Waals surface area contributed by atoms with Gasteiger partial charge in [0.25, 0.3) is 5.91 Å². The van der Waals surface area contributed by atoms with Crippen LogP contribution in [-0.4, -0.2) is 29.0 Å². The van der Waals surface area contributed by atoms with Gasteiger partial charge in [0.1, 0.15) is 6.33 Å². The van der Waals surface area contributed by atoms with E-state index in [0.29, 0.717) is 5.69 Å². The van der Waals surface area contributed by atoms with E-state index < -0.39 is 0 Å². The minimum Gasteiger partial charge on any atom is -0.320 e. The average molecular weight is 204 g/mol. The summed E-state index contributed by atoms with van der Waals surface area (Å²) in [4.78, 5) is 19.3. The molecule has 0 bridgehead atoms. The molecule has 1 fully saturated rings. The van der Waals surface area contributed by atoms with Crippen LogP contribution in [0.15, 0.2) is 29.9 Å². The lowest BCUT2D eigenvalue weighted by atomic mass is 10.0. The number of hydrogen-bond acceptors (Lipinski definition) is 4.